The fraction of sp³-hybridized carbons (Fsp3) is 0.625. The number of phenolic OH excluding ortho intramolecular Hbond substituents is 1. The third kappa shape index (κ3) is 2.61. The summed E-state index contributed by atoms with van der Waals surface area (Å²) >= 11 is 3.44. The molecule has 0 saturated heterocycles. The van der Waals surface area contributed by atoms with Crippen LogP contribution in [0.25, 0.3) is 0 Å². The van der Waals surface area contributed by atoms with Gasteiger partial charge in [-0.2, -0.15) is 0 Å². The van der Waals surface area contributed by atoms with Crippen LogP contribution < -0.4 is 15.2 Å². The molecule has 2 aliphatic rings. The molecule has 1 aromatic rings. The van der Waals surface area contributed by atoms with Crippen molar-refractivity contribution >= 4 is 15.9 Å². The van der Waals surface area contributed by atoms with Crippen molar-refractivity contribution < 1.29 is 14.6 Å². The van der Waals surface area contributed by atoms with Crippen molar-refractivity contribution in [2.24, 2.45) is 5.73 Å². The Bertz CT molecular complexity index is 527. The molecule has 3 rings (SSSR count). The summed E-state index contributed by atoms with van der Waals surface area (Å²) in [5, 5.41) is 10.7. The fourth-order valence-corrected chi connectivity index (χ4v) is 3.95. The number of benzene rings is 1. The van der Waals surface area contributed by atoms with E-state index in [1.165, 1.54) is 6.42 Å². The number of ether oxygens (including phenoxy) is 2. The van der Waals surface area contributed by atoms with Crippen LogP contribution >= 0.6 is 15.9 Å². The molecule has 3 N–H and O–H groups in total. The molecule has 0 radical (unpaired) electrons. The van der Waals surface area contributed by atoms with Gasteiger partial charge in [0.05, 0.1) is 17.7 Å². The molecule has 1 saturated carbocycles. The minimum absolute atomic E-state index is 0.204. The number of halogens is 1. The topological polar surface area (TPSA) is 64.7 Å². The second-order valence-corrected chi connectivity index (χ2v) is 6.86. The zero-order valence-corrected chi connectivity index (χ0v) is 13.7. The van der Waals surface area contributed by atoms with Crippen molar-refractivity contribution in [2.45, 2.75) is 43.9 Å². The number of fused-ring (bicyclic) bond motifs is 1. The Balaban J connectivity index is 2.17. The lowest BCUT2D eigenvalue weighted by Gasteiger charge is -2.38. The molecule has 1 aliphatic heterocycles. The minimum atomic E-state index is -0.204. The Kier molecular flexibility index (Phi) is 4.31. The summed E-state index contributed by atoms with van der Waals surface area (Å²) in [7, 11) is 0. The molecule has 1 heterocycles. The van der Waals surface area contributed by atoms with Crippen LogP contribution in [0.3, 0.4) is 0 Å². The summed E-state index contributed by atoms with van der Waals surface area (Å²) in [6.07, 6.45) is 6.34. The lowest BCUT2D eigenvalue weighted by molar-refractivity contribution is 0.263. The Labute approximate surface area is 133 Å². The highest BCUT2D eigenvalue weighted by molar-refractivity contribution is 9.10. The number of phenols is 1. The average Bonchev–Trinajstić information content (AvgIpc) is 2.74. The monoisotopic (exact) mass is 355 g/mol. The first kappa shape index (κ1) is 15.0. The number of hydrogen-bond donors (Lipinski definition) is 2. The van der Waals surface area contributed by atoms with E-state index in [0.29, 0.717) is 35.7 Å². The van der Waals surface area contributed by atoms with Gasteiger partial charge in [0, 0.05) is 30.0 Å². The van der Waals surface area contributed by atoms with Crippen LogP contribution in [0.1, 0.15) is 44.1 Å². The molecule has 0 atom stereocenters. The highest BCUT2D eigenvalue weighted by Gasteiger charge is 2.39. The molecule has 0 unspecified atom stereocenters. The van der Waals surface area contributed by atoms with Gasteiger partial charge in [-0.1, -0.05) is 19.3 Å². The standard InChI is InChI=1S/C16H22BrNO3/c17-11-9-12-15(21-8-4-7-20-12)13(14(11)19)16(10-18)5-2-1-3-6-16/h9,19H,1-8,10,18H2. The SMILES string of the molecule is NCC1(c2c(O)c(Br)cc3c2OCCCO3)CCCCC1. The molecule has 1 aliphatic carbocycles. The van der Waals surface area contributed by atoms with Gasteiger partial charge >= 0.3 is 0 Å². The second-order valence-electron chi connectivity index (χ2n) is 6.00. The van der Waals surface area contributed by atoms with Crippen LogP contribution in [-0.2, 0) is 5.41 Å². The molecule has 1 fully saturated rings. The summed E-state index contributed by atoms with van der Waals surface area (Å²) in [5.74, 6) is 1.66. The molecular weight excluding hydrogens is 334 g/mol. The van der Waals surface area contributed by atoms with E-state index in [-0.39, 0.29) is 11.2 Å². The van der Waals surface area contributed by atoms with Crippen LogP contribution in [-0.4, -0.2) is 24.9 Å². The quantitative estimate of drug-likeness (QED) is 0.852. The van der Waals surface area contributed by atoms with Gasteiger partial charge in [0.2, 0.25) is 0 Å². The largest absolute Gasteiger partial charge is 0.506 e. The zero-order chi connectivity index (χ0) is 14.9. The normalized spacial score (nSPS) is 20.9. The third-order valence-corrected chi connectivity index (χ3v) is 5.30. The van der Waals surface area contributed by atoms with Gasteiger partial charge in [-0.05, 0) is 28.8 Å². The number of hydrogen-bond acceptors (Lipinski definition) is 4. The highest BCUT2D eigenvalue weighted by Crippen LogP contribution is 2.52. The van der Waals surface area contributed by atoms with Gasteiger partial charge in [0.15, 0.2) is 11.5 Å². The van der Waals surface area contributed by atoms with E-state index in [0.717, 1.165) is 37.7 Å². The van der Waals surface area contributed by atoms with Crippen LogP contribution in [0.15, 0.2) is 10.5 Å². The van der Waals surface area contributed by atoms with Crippen molar-refractivity contribution in [3.63, 3.8) is 0 Å². The predicted octanol–water partition coefficient (Wildman–Crippen LogP) is 3.48. The Hall–Kier alpha value is -0.940. The molecule has 0 aromatic heterocycles. The van der Waals surface area contributed by atoms with Crippen molar-refractivity contribution in [3.8, 4) is 17.2 Å². The Morgan fingerprint density at radius 2 is 1.86 bits per heavy atom. The van der Waals surface area contributed by atoms with Crippen LogP contribution in [0.5, 0.6) is 17.2 Å². The maximum absolute atomic E-state index is 10.7. The smallest absolute Gasteiger partial charge is 0.168 e. The molecule has 21 heavy (non-hydrogen) atoms. The number of rotatable bonds is 2. The van der Waals surface area contributed by atoms with E-state index in [4.69, 9.17) is 15.2 Å². The number of nitrogens with two attached hydrogens (primary N) is 1. The zero-order valence-electron chi connectivity index (χ0n) is 12.2. The summed E-state index contributed by atoms with van der Waals surface area (Å²) < 4.78 is 12.4. The molecule has 0 amide bonds. The first-order chi connectivity index (χ1) is 10.2. The van der Waals surface area contributed by atoms with Crippen molar-refractivity contribution in [3.05, 3.63) is 16.1 Å². The molecule has 116 valence electrons. The molecule has 0 spiro atoms. The molecule has 1 aromatic carbocycles. The minimum Gasteiger partial charge on any atom is -0.506 e. The number of aromatic hydroxyl groups is 1. The van der Waals surface area contributed by atoms with Gasteiger partial charge in [-0.15, -0.1) is 0 Å². The molecule has 0 bridgehead atoms. The van der Waals surface area contributed by atoms with Gasteiger partial charge in [0.25, 0.3) is 0 Å². The lowest BCUT2D eigenvalue weighted by atomic mass is 9.68. The van der Waals surface area contributed by atoms with E-state index >= 15 is 0 Å². The van der Waals surface area contributed by atoms with Crippen molar-refractivity contribution in [1.29, 1.82) is 0 Å². The first-order valence-corrected chi connectivity index (χ1v) is 8.49. The van der Waals surface area contributed by atoms with E-state index in [9.17, 15) is 5.11 Å². The van der Waals surface area contributed by atoms with Crippen LogP contribution in [0.2, 0.25) is 0 Å². The summed E-state index contributed by atoms with van der Waals surface area (Å²) in [5.41, 5.74) is 6.78. The van der Waals surface area contributed by atoms with E-state index in [1.54, 1.807) is 6.07 Å². The Morgan fingerprint density at radius 3 is 2.57 bits per heavy atom. The summed E-state index contributed by atoms with van der Waals surface area (Å²) in [6, 6.07) is 1.80. The Morgan fingerprint density at radius 1 is 1.14 bits per heavy atom. The lowest BCUT2D eigenvalue weighted by Crippen LogP contribution is -2.37. The first-order valence-electron chi connectivity index (χ1n) is 7.69. The van der Waals surface area contributed by atoms with E-state index < -0.39 is 0 Å². The molecular formula is C16H22BrNO3. The summed E-state index contributed by atoms with van der Waals surface area (Å²) in [4.78, 5) is 0. The third-order valence-electron chi connectivity index (χ3n) is 4.70. The van der Waals surface area contributed by atoms with Crippen LogP contribution in [0.4, 0.5) is 0 Å². The fourth-order valence-electron chi connectivity index (χ4n) is 3.54. The second kappa shape index (κ2) is 6.05. The van der Waals surface area contributed by atoms with E-state index in [1.807, 2.05) is 0 Å². The maximum atomic E-state index is 10.7. The average molecular weight is 356 g/mol. The molecule has 5 heteroatoms. The van der Waals surface area contributed by atoms with Crippen LogP contribution in [0, 0.1) is 0 Å². The van der Waals surface area contributed by atoms with Gasteiger partial charge in [0.1, 0.15) is 5.75 Å². The van der Waals surface area contributed by atoms with Crippen molar-refractivity contribution in [1.82, 2.24) is 0 Å². The highest BCUT2D eigenvalue weighted by atomic mass is 79.9. The summed E-state index contributed by atoms with van der Waals surface area (Å²) in [6.45, 7) is 1.77. The maximum Gasteiger partial charge on any atom is 0.168 e. The van der Waals surface area contributed by atoms with Gasteiger partial charge < -0.3 is 20.3 Å². The van der Waals surface area contributed by atoms with Gasteiger partial charge in [-0.25, -0.2) is 0 Å². The van der Waals surface area contributed by atoms with Crippen molar-refractivity contribution in [2.75, 3.05) is 19.8 Å². The van der Waals surface area contributed by atoms with Gasteiger partial charge in [-0.3, -0.25) is 0 Å². The predicted molar refractivity (Wildman–Crippen MR) is 85.2 cm³/mol. The molecule has 4 nitrogen and oxygen atoms in total. The van der Waals surface area contributed by atoms with E-state index in [2.05, 4.69) is 15.9 Å².